The van der Waals surface area contributed by atoms with Gasteiger partial charge < -0.3 is 10.1 Å². The zero-order valence-electron chi connectivity index (χ0n) is 11.8. The summed E-state index contributed by atoms with van der Waals surface area (Å²) in [6.07, 6.45) is 1.76. The maximum absolute atomic E-state index is 5.94. The molecular weight excluding hydrogens is 363 g/mol. The first-order chi connectivity index (χ1) is 9.66. The van der Waals surface area contributed by atoms with Crippen molar-refractivity contribution in [3.05, 3.63) is 51.7 Å². The number of rotatable bonds is 6. The van der Waals surface area contributed by atoms with Gasteiger partial charge in [-0.1, -0.05) is 32.0 Å². The van der Waals surface area contributed by atoms with Gasteiger partial charge in [-0.3, -0.25) is 0 Å². The summed E-state index contributed by atoms with van der Waals surface area (Å²) in [4.78, 5) is 4.35. The second kappa shape index (κ2) is 7.59. The molecule has 3 nitrogen and oxygen atoms in total. The molecule has 0 atom stereocenters. The Morgan fingerprint density at radius 2 is 2.00 bits per heavy atom. The number of aromatic nitrogens is 1. The fraction of sp³-hybridized carbons (Fsp3) is 0.312. The number of nitrogens with zero attached hydrogens (tertiary/aromatic N) is 1. The average Bonchev–Trinajstić information content (AvgIpc) is 2.43. The van der Waals surface area contributed by atoms with E-state index in [1.54, 1.807) is 6.20 Å². The summed E-state index contributed by atoms with van der Waals surface area (Å²) < 4.78 is 7.02. The Hall–Kier alpha value is -1.14. The van der Waals surface area contributed by atoms with Crippen molar-refractivity contribution in [3.63, 3.8) is 0 Å². The normalized spacial score (nSPS) is 10.8. The highest BCUT2D eigenvalue weighted by molar-refractivity contribution is 14.1. The minimum Gasteiger partial charge on any atom is -0.438 e. The molecule has 0 unspecified atom stereocenters. The Labute approximate surface area is 133 Å². The molecule has 2 aromatic rings. The predicted octanol–water partition coefficient (Wildman–Crippen LogP) is 4.22. The highest BCUT2D eigenvalue weighted by Gasteiger charge is 2.08. The number of ether oxygens (including phenoxy) is 1. The SMILES string of the molecule is CC(C)CNCc1cccnc1Oc1ccccc1I. The van der Waals surface area contributed by atoms with E-state index in [0.29, 0.717) is 11.8 Å². The van der Waals surface area contributed by atoms with Crippen molar-refractivity contribution in [3.8, 4) is 11.6 Å². The number of benzene rings is 1. The lowest BCUT2D eigenvalue weighted by Gasteiger charge is -2.12. The predicted molar refractivity (Wildman–Crippen MR) is 90.0 cm³/mol. The van der Waals surface area contributed by atoms with E-state index in [1.807, 2.05) is 36.4 Å². The lowest BCUT2D eigenvalue weighted by Crippen LogP contribution is -2.19. The van der Waals surface area contributed by atoms with Crippen molar-refractivity contribution in [2.75, 3.05) is 6.54 Å². The fourth-order valence-electron chi connectivity index (χ4n) is 1.78. The van der Waals surface area contributed by atoms with Crippen LogP contribution in [-0.4, -0.2) is 11.5 Å². The maximum atomic E-state index is 5.94. The molecule has 0 bridgehead atoms. The van der Waals surface area contributed by atoms with Crippen LogP contribution in [0.2, 0.25) is 0 Å². The summed E-state index contributed by atoms with van der Waals surface area (Å²) >= 11 is 2.27. The van der Waals surface area contributed by atoms with Crippen LogP contribution >= 0.6 is 22.6 Å². The van der Waals surface area contributed by atoms with Gasteiger partial charge in [0.05, 0.1) is 3.57 Å². The van der Waals surface area contributed by atoms with E-state index < -0.39 is 0 Å². The molecule has 1 heterocycles. The molecule has 106 valence electrons. The summed E-state index contributed by atoms with van der Waals surface area (Å²) in [5, 5.41) is 3.42. The Morgan fingerprint density at radius 3 is 2.75 bits per heavy atom. The van der Waals surface area contributed by atoms with Crippen LogP contribution in [0.5, 0.6) is 11.6 Å². The molecule has 4 heteroatoms. The molecule has 1 N–H and O–H groups in total. The van der Waals surface area contributed by atoms with E-state index in [1.165, 1.54) is 0 Å². The summed E-state index contributed by atoms with van der Waals surface area (Å²) in [5.41, 5.74) is 1.08. The zero-order valence-corrected chi connectivity index (χ0v) is 13.9. The number of pyridine rings is 1. The summed E-state index contributed by atoms with van der Waals surface area (Å²) in [6, 6.07) is 11.9. The van der Waals surface area contributed by atoms with Crippen LogP contribution in [0.25, 0.3) is 0 Å². The molecule has 0 radical (unpaired) electrons. The van der Waals surface area contributed by atoms with E-state index in [0.717, 1.165) is 28.0 Å². The molecule has 1 aromatic heterocycles. The standard InChI is InChI=1S/C16H19IN2O/c1-12(2)10-18-11-13-6-5-9-19-16(13)20-15-8-4-3-7-14(15)17/h3-9,12,18H,10-11H2,1-2H3. The Kier molecular flexibility index (Phi) is 5.79. The van der Waals surface area contributed by atoms with Gasteiger partial charge in [-0.15, -0.1) is 0 Å². The molecule has 0 spiro atoms. The third-order valence-corrected chi connectivity index (χ3v) is 3.65. The van der Waals surface area contributed by atoms with E-state index in [4.69, 9.17) is 4.74 Å². The Balaban J connectivity index is 2.10. The van der Waals surface area contributed by atoms with Crippen LogP contribution in [-0.2, 0) is 6.54 Å². The topological polar surface area (TPSA) is 34.2 Å². The lowest BCUT2D eigenvalue weighted by molar-refractivity contribution is 0.447. The van der Waals surface area contributed by atoms with E-state index in [-0.39, 0.29) is 0 Å². The van der Waals surface area contributed by atoms with Crippen LogP contribution in [0.4, 0.5) is 0 Å². The second-order valence-electron chi connectivity index (χ2n) is 5.02. The maximum Gasteiger partial charge on any atom is 0.223 e. The average molecular weight is 382 g/mol. The van der Waals surface area contributed by atoms with Crippen molar-refractivity contribution >= 4 is 22.6 Å². The number of para-hydroxylation sites is 1. The smallest absolute Gasteiger partial charge is 0.223 e. The number of nitrogens with one attached hydrogen (secondary N) is 1. The van der Waals surface area contributed by atoms with Crippen LogP contribution in [0.15, 0.2) is 42.6 Å². The van der Waals surface area contributed by atoms with Gasteiger partial charge in [0.2, 0.25) is 5.88 Å². The summed E-state index contributed by atoms with van der Waals surface area (Å²) in [7, 11) is 0. The van der Waals surface area contributed by atoms with Crippen molar-refractivity contribution < 1.29 is 4.74 Å². The largest absolute Gasteiger partial charge is 0.438 e. The third-order valence-electron chi connectivity index (χ3n) is 2.76. The van der Waals surface area contributed by atoms with Gasteiger partial charge in [-0.05, 0) is 53.3 Å². The molecule has 0 aliphatic carbocycles. The fourth-order valence-corrected chi connectivity index (χ4v) is 2.28. The molecule has 0 saturated carbocycles. The van der Waals surface area contributed by atoms with Gasteiger partial charge in [0, 0.05) is 18.3 Å². The molecule has 0 amide bonds. The van der Waals surface area contributed by atoms with Gasteiger partial charge in [-0.2, -0.15) is 0 Å². The van der Waals surface area contributed by atoms with E-state index >= 15 is 0 Å². The van der Waals surface area contributed by atoms with Crippen molar-refractivity contribution in [1.82, 2.24) is 10.3 Å². The van der Waals surface area contributed by atoms with Crippen LogP contribution in [0, 0.1) is 9.49 Å². The molecule has 0 aliphatic heterocycles. The third kappa shape index (κ3) is 4.45. The number of hydrogen-bond donors (Lipinski definition) is 1. The van der Waals surface area contributed by atoms with Crippen molar-refractivity contribution in [1.29, 1.82) is 0 Å². The molecule has 2 rings (SSSR count). The molecule has 20 heavy (non-hydrogen) atoms. The highest BCUT2D eigenvalue weighted by Crippen LogP contribution is 2.27. The summed E-state index contributed by atoms with van der Waals surface area (Å²) in [5.74, 6) is 2.15. The van der Waals surface area contributed by atoms with Gasteiger partial charge in [0.15, 0.2) is 0 Å². The first-order valence-corrected chi connectivity index (χ1v) is 7.81. The molecular formula is C16H19IN2O. The van der Waals surface area contributed by atoms with Gasteiger partial charge in [0.25, 0.3) is 0 Å². The first-order valence-electron chi connectivity index (χ1n) is 6.74. The van der Waals surface area contributed by atoms with Crippen LogP contribution in [0.1, 0.15) is 19.4 Å². The van der Waals surface area contributed by atoms with Gasteiger partial charge in [0.1, 0.15) is 5.75 Å². The van der Waals surface area contributed by atoms with E-state index in [2.05, 4.69) is 46.7 Å². The minimum atomic E-state index is 0.631. The molecule has 0 aliphatic rings. The monoisotopic (exact) mass is 382 g/mol. The zero-order chi connectivity index (χ0) is 14.4. The highest BCUT2D eigenvalue weighted by atomic mass is 127. The number of hydrogen-bond acceptors (Lipinski definition) is 3. The van der Waals surface area contributed by atoms with Gasteiger partial charge >= 0.3 is 0 Å². The quantitative estimate of drug-likeness (QED) is 0.760. The lowest BCUT2D eigenvalue weighted by atomic mass is 10.2. The van der Waals surface area contributed by atoms with Crippen LogP contribution < -0.4 is 10.1 Å². The second-order valence-corrected chi connectivity index (χ2v) is 6.19. The Morgan fingerprint density at radius 1 is 1.20 bits per heavy atom. The summed E-state index contributed by atoms with van der Waals surface area (Å²) in [6.45, 7) is 6.14. The molecule has 0 saturated heterocycles. The van der Waals surface area contributed by atoms with Crippen LogP contribution in [0.3, 0.4) is 0 Å². The van der Waals surface area contributed by atoms with Gasteiger partial charge in [-0.25, -0.2) is 4.98 Å². The number of halogens is 1. The minimum absolute atomic E-state index is 0.631. The first kappa shape index (κ1) is 15.3. The molecule has 1 aromatic carbocycles. The van der Waals surface area contributed by atoms with E-state index in [9.17, 15) is 0 Å². The Bertz CT molecular complexity index is 558. The van der Waals surface area contributed by atoms with Crippen molar-refractivity contribution in [2.24, 2.45) is 5.92 Å². The molecule has 0 fully saturated rings. The van der Waals surface area contributed by atoms with Crippen molar-refractivity contribution in [2.45, 2.75) is 20.4 Å².